The highest BCUT2D eigenvalue weighted by Gasteiger charge is 2.33. The first-order chi connectivity index (χ1) is 15.5. The topological polar surface area (TPSA) is 128 Å². The van der Waals surface area contributed by atoms with Gasteiger partial charge in [-0.1, -0.05) is 11.2 Å². The molecule has 1 aromatic carbocycles. The molecule has 0 spiro atoms. The standard InChI is InChI=1S/C21H23FN4O6/c22-17-9-14(26-11-15(32-21(26)30)10-23-19-5-8-31-24-19)1-2-16(17)13-3-6-25(7-4-13)20(29)18(28)12-27/h1-3,5,8-9,15,18,27-28H,4,6-7,10-12H2,(H,23,24)/t15-,18-/m0/s1. The van der Waals surface area contributed by atoms with Crippen LogP contribution in [0.1, 0.15) is 12.0 Å². The van der Waals surface area contributed by atoms with Crippen LogP contribution in [0.25, 0.3) is 5.57 Å². The van der Waals surface area contributed by atoms with E-state index in [0.717, 1.165) is 5.57 Å². The number of carbonyl (C=O) groups excluding carboxylic acids is 2. The number of amides is 2. The number of benzene rings is 1. The summed E-state index contributed by atoms with van der Waals surface area (Å²) in [6.45, 7) is 0.475. The van der Waals surface area contributed by atoms with Crippen molar-refractivity contribution < 1.29 is 33.5 Å². The summed E-state index contributed by atoms with van der Waals surface area (Å²) in [6, 6.07) is 6.19. The van der Waals surface area contributed by atoms with E-state index in [1.807, 2.05) is 0 Å². The van der Waals surface area contributed by atoms with Crippen LogP contribution in [0.15, 0.2) is 41.1 Å². The molecule has 2 aromatic rings. The number of nitrogens with zero attached hydrogens (tertiary/aromatic N) is 3. The smallest absolute Gasteiger partial charge is 0.414 e. The average molecular weight is 446 g/mol. The number of anilines is 2. The number of hydrogen-bond donors (Lipinski definition) is 3. The van der Waals surface area contributed by atoms with Gasteiger partial charge in [0, 0.05) is 24.7 Å². The molecule has 1 aromatic heterocycles. The van der Waals surface area contributed by atoms with Crippen molar-refractivity contribution in [3.05, 3.63) is 48.0 Å². The first-order valence-corrected chi connectivity index (χ1v) is 10.2. The number of cyclic esters (lactones) is 1. The van der Waals surface area contributed by atoms with E-state index in [2.05, 4.69) is 10.5 Å². The minimum absolute atomic E-state index is 0.213. The first-order valence-electron chi connectivity index (χ1n) is 10.2. The molecule has 2 atom stereocenters. The number of nitrogens with one attached hydrogen (secondary N) is 1. The van der Waals surface area contributed by atoms with Gasteiger partial charge >= 0.3 is 6.09 Å². The van der Waals surface area contributed by atoms with Crippen LogP contribution in [0.2, 0.25) is 0 Å². The Morgan fingerprint density at radius 3 is 2.88 bits per heavy atom. The fourth-order valence-electron chi connectivity index (χ4n) is 3.70. The summed E-state index contributed by atoms with van der Waals surface area (Å²) in [4.78, 5) is 27.0. The van der Waals surface area contributed by atoms with Gasteiger partial charge in [-0.05, 0) is 30.2 Å². The molecule has 0 aliphatic carbocycles. The van der Waals surface area contributed by atoms with Crippen molar-refractivity contribution in [2.45, 2.75) is 18.6 Å². The monoisotopic (exact) mass is 446 g/mol. The lowest BCUT2D eigenvalue weighted by molar-refractivity contribution is -0.141. The van der Waals surface area contributed by atoms with Gasteiger partial charge in [-0.3, -0.25) is 9.69 Å². The molecule has 10 nitrogen and oxygen atoms in total. The number of aliphatic hydroxyl groups excluding tert-OH is 2. The summed E-state index contributed by atoms with van der Waals surface area (Å²) in [5.74, 6) is -0.513. The predicted octanol–water partition coefficient (Wildman–Crippen LogP) is 1.22. The van der Waals surface area contributed by atoms with Crippen molar-refractivity contribution in [2.24, 2.45) is 0 Å². The van der Waals surface area contributed by atoms with E-state index >= 15 is 0 Å². The van der Waals surface area contributed by atoms with Crippen molar-refractivity contribution in [3.8, 4) is 0 Å². The van der Waals surface area contributed by atoms with Crippen LogP contribution >= 0.6 is 0 Å². The predicted molar refractivity (Wildman–Crippen MR) is 111 cm³/mol. The minimum atomic E-state index is -1.45. The summed E-state index contributed by atoms with van der Waals surface area (Å²) in [6.07, 6.45) is 1.12. The highest BCUT2D eigenvalue weighted by molar-refractivity contribution is 5.90. The third kappa shape index (κ3) is 4.58. The zero-order valence-corrected chi connectivity index (χ0v) is 17.1. The number of ether oxygens (including phenoxy) is 1. The van der Waals surface area contributed by atoms with E-state index in [0.29, 0.717) is 36.6 Å². The van der Waals surface area contributed by atoms with Crippen molar-refractivity contribution in [3.63, 3.8) is 0 Å². The largest absolute Gasteiger partial charge is 0.442 e. The summed E-state index contributed by atoms with van der Waals surface area (Å²) in [5, 5.41) is 25.1. The molecule has 0 saturated carbocycles. The molecule has 170 valence electrons. The normalized spacial score (nSPS) is 19.5. The Labute approximate surface area is 182 Å². The van der Waals surface area contributed by atoms with Crippen molar-refractivity contribution in [2.75, 3.05) is 43.0 Å². The number of halogens is 1. The van der Waals surface area contributed by atoms with Gasteiger partial charge in [0.05, 0.1) is 25.4 Å². The van der Waals surface area contributed by atoms with Crippen LogP contribution in [0.5, 0.6) is 0 Å². The zero-order valence-electron chi connectivity index (χ0n) is 17.1. The molecule has 3 N–H and O–H groups in total. The molecular formula is C21H23FN4O6. The maximum atomic E-state index is 14.9. The van der Waals surface area contributed by atoms with Crippen LogP contribution in [-0.2, 0) is 9.53 Å². The van der Waals surface area contributed by atoms with Gasteiger partial charge < -0.3 is 29.7 Å². The van der Waals surface area contributed by atoms with Crippen molar-refractivity contribution in [1.29, 1.82) is 0 Å². The third-order valence-corrected chi connectivity index (χ3v) is 5.41. The Bertz CT molecular complexity index is 1010. The van der Waals surface area contributed by atoms with E-state index in [-0.39, 0.29) is 13.1 Å². The summed E-state index contributed by atoms with van der Waals surface area (Å²) in [5.41, 5.74) is 1.51. The molecular weight excluding hydrogens is 423 g/mol. The Kier molecular flexibility index (Phi) is 6.37. The quantitative estimate of drug-likeness (QED) is 0.579. The average Bonchev–Trinajstić information content (AvgIpc) is 3.46. The summed E-state index contributed by atoms with van der Waals surface area (Å²) in [7, 11) is 0. The molecule has 0 radical (unpaired) electrons. The Morgan fingerprint density at radius 1 is 1.38 bits per heavy atom. The second-order valence-electron chi connectivity index (χ2n) is 7.51. The van der Waals surface area contributed by atoms with E-state index in [1.165, 1.54) is 22.1 Å². The van der Waals surface area contributed by atoms with Gasteiger partial charge in [0.2, 0.25) is 0 Å². The van der Waals surface area contributed by atoms with E-state index in [9.17, 15) is 19.1 Å². The van der Waals surface area contributed by atoms with Crippen molar-refractivity contribution >= 4 is 29.1 Å². The summed E-state index contributed by atoms with van der Waals surface area (Å²) >= 11 is 0. The maximum absolute atomic E-state index is 14.9. The SMILES string of the molecule is O=C([C@@H](O)CO)N1CC=C(c2ccc(N3C[C@H](CNc4ccon4)OC3=O)cc2F)CC1. The van der Waals surface area contributed by atoms with Gasteiger partial charge in [-0.15, -0.1) is 0 Å². The van der Waals surface area contributed by atoms with Gasteiger partial charge in [0.25, 0.3) is 5.91 Å². The fourth-order valence-corrected chi connectivity index (χ4v) is 3.70. The molecule has 2 aliphatic rings. The molecule has 2 amide bonds. The molecule has 3 heterocycles. The Morgan fingerprint density at radius 2 is 2.22 bits per heavy atom. The van der Waals surface area contributed by atoms with Gasteiger partial charge in [-0.25, -0.2) is 9.18 Å². The van der Waals surface area contributed by atoms with Crippen LogP contribution in [-0.4, -0.2) is 77.3 Å². The molecule has 0 unspecified atom stereocenters. The molecule has 1 fully saturated rings. The van der Waals surface area contributed by atoms with Crippen molar-refractivity contribution in [1.82, 2.24) is 10.1 Å². The van der Waals surface area contributed by atoms with Gasteiger partial charge in [0.15, 0.2) is 11.9 Å². The van der Waals surface area contributed by atoms with E-state index in [1.54, 1.807) is 24.3 Å². The van der Waals surface area contributed by atoms with Gasteiger partial charge in [0.1, 0.15) is 18.2 Å². The van der Waals surface area contributed by atoms with Crippen LogP contribution in [0, 0.1) is 5.82 Å². The molecule has 4 rings (SSSR count). The second-order valence-corrected chi connectivity index (χ2v) is 7.51. The third-order valence-electron chi connectivity index (χ3n) is 5.41. The highest BCUT2D eigenvalue weighted by Crippen LogP contribution is 2.30. The lowest BCUT2D eigenvalue weighted by Gasteiger charge is -2.28. The van der Waals surface area contributed by atoms with Crippen LogP contribution < -0.4 is 10.2 Å². The van der Waals surface area contributed by atoms with Crippen LogP contribution in [0.4, 0.5) is 20.7 Å². The number of rotatable bonds is 7. The lowest BCUT2D eigenvalue weighted by atomic mass is 9.98. The molecule has 2 aliphatic heterocycles. The molecule has 11 heteroatoms. The number of carbonyl (C=O) groups is 2. The number of aliphatic hydroxyl groups is 2. The minimum Gasteiger partial charge on any atom is -0.442 e. The maximum Gasteiger partial charge on any atom is 0.414 e. The lowest BCUT2D eigenvalue weighted by Crippen LogP contribution is -2.42. The number of aromatic nitrogens is 1. The Balaban J connectivity index is 1.39. The highest BCUT2D eigenvalue weighted by atomic mass is 19.1. The van der Waals surface area contributed by atoms with E-state index < -0.39 is 36.6 Å². The fraction of sp³-hybridized carbons (Fsp3) is 0.381. The Hall–Kier alpha value is -3.44. The first kappa shape index (κ1) is 21.8. The molecule has 1 saturated heterocycles. The number of hydrogen-bond acceptors (Lipinski definition) is 8. The molecule has 0 bridgehead atoms. The second kappa shape index (κ2) is 9.37. The zero-order chi connectivity index (χ0) is 22.7. The van der Waals surface area contributed by atoms with Gasteiger partial charge in [-0.2, -0.15) is 0 Å². The molecule has 32 heavy (non-hydrogen) atoms. The van der Waals surface area contributed by atoms with Crippen LogP contribution in [0.3, 0.4) is 0 Å². The summed E-state index contributed by atoms with van der Waals surface area (Å²) < 4.78 is 24.9. The van der Waals surface area contributed by atoms with E-state index in [4.69, 9.17) is 14.4 Å².